The van der Waals surface area contributed by atoms with Crippen LogP contribution < -0.4 is 10.6 Å². The molecule has 0 spiro atoms. The number of amides is 1. The fourth-order valence-corrected chi connectivity index (χ4v) is 3.06. The smallest absolute Gasteiger partial charge is 0.260 e. The number of nitrogens with two attached hydrogens (primary N) is 1. The van der Waals surface area contributed by atoms with Crippen LogP contribution in [0.25, 0.3) is 11.1 Å². The molecule has 1 aliphatic heterocycles. The molecular weight excluding hydrogens is 300 g/mol. The average Bonchev–Trinajstić information content (AvgIpc) is 3.25. The van der Waals surface area contributed by atoms with Gasteiger partial charge in [-0.25, -0.2) is 4.98 Å². The zero-order valence-electron chi connectivity index (χ0n) is 13.2. The van der Waals surface area contributed by atoms with E-state index in [1.807, 2.05) is 53.2 Å². The van der Waals surface area contributed by atoms with Crippen LogP contribution in [0.15, 0.2) is 60.9 Å². The first-order chi connectivity index (χ1) is 11.8. The van der Waals surface area contributed by atoms with E-state index >= 15 is 0 Å². The van der Waals surface area contributed by atoms with Crippen LogP contribution in [0.1, 0.15) is 15.9 Å². The Hall–Kier alpha value is -2.92. The van der Waals surface area contributed by atoms with Crippen molar-refractivity contribution in [2.75, 3.05) is 11.4 Å². The SMILES string of the molecule is NCc1cccc(-c2ccc(C(=O)N3CCn4ccnc43)cc2)c1. The van der Waals surface area contributed by atoms with Gasteiger partial charge in [0.2, 0.25) is 5.95 Å². The molecule has 0 saturated heterocycles. The number of hydrogen-bond donors (Lipinski definition) is 1. The Morgan fingerprint density at radius 2 is 1.92 bits per heavy atom. The van der Waals surface area contributed by atoms with Crippen LogP contribution in [0.3, 0.4) is 0 Å². The van der Waals surface area contributed by atoms with E-state index in [4.69, 9.17) is 5.73 Å². The van der Waals surface area contributed by atoms with Crippen LogP contribution in [0, 0.1) is 0 Å². The van der Waals surface area contributed by atoms with E-state index in [0.29, 0.717) is 18.7 Å². The number of rotatable bonds is 3. The van der Waals surface area contributed by atoms with Gasteiger partial charge in [-0.1, -0.05) is 30.3 Å². The molecule has 2 heterocycles. The van der Waals surface area contributed by atoms with E-state index in [-0.39, 0.29) is 5.91 Å². The molecule has 1 amide bonds. The summed E-state index contributed by atoms with van der Waals surface area (Å²) in [7, 11) is 0. The number of imidazole rings is 1. The van der Waals surface area contributed by atoms with E-state index in [2.05, 4.69) is 11.1 Å². The number of carbonyl (C=O) groups excluding carboxylic acids is 1. The molecule has 0 bridgehead atoms. The van der Waals surface area contributed by atoms with E-state index in [0.717, 1.165) is 29.2 Å². The summed E-state index contributed by atoms with van der Waals surface area (Å²) in [6.07, 6.45) is 3.62. The van der Waals surface area contributed by atoms with E-state index in [1.165, 1.54) is 0 Å². The number of hydrogen-bond acceptors (Lipinski definition) is 3. The molecule has 24 heavy (non-hydrogen) atoms. The molecule has 2 N–H and O–H groups in total. The van der Waals surface area contributed by atoms with Crippen molar-refractivity contribution >= 4 is 11.9 Å². The van der Waals surface area contributed by atoms with Crippen molar-refractivity contribution < 1.29 is 4.79 Å². The number of fused-ring (bicyclic) bond motifs is 1. The highest BCUT2D eigenvalue weighted by atomic mass is 16.2. The van der Waals surface area contributed by atoms with Gasteiger partial charge in [-0.15, -0.1) is 0 Å². The highest BCUT2D eigenvalue weighted by Crippen LogP contribution is 2.24. The van der Waals surface area contributed by atoms with Crippen LogP contribution in [-0.2, 0) is 13.1 Å². The van der Waals surface area contributed by atoms with Crippen LogP contribution in [0.5, 0.6) is 0 Å². The van der Waals surface area contributed by atoms with Gasteiger partial charge >= 0.3 is 0 Å². The van der Waals surface area contributed by atoms with Gasteiger partial charge in [-0.05, 0) is 34.9 Å². The first kappa shape index (κ1) is 14.7. The van der Waals surface area contributed by atoms with Gasteiger partial charge in [0.1, 0.15) is 0 Å². The fourth-order valence-electron chi connectivity index (χ4n) is 3.06. The minimum atomic E-state index is -0.0118. The molecule has 0 radical (unpaired) electrons. The first-order valence-electron chi connectivity index (χ1n) is 7.99. The van der Waals surface area contributed by atoms with Crippen LogP contribution in [0.4, 0.5) is 5.95 Å². The second-order valence-electron chi connectivity index (χ2n) is 5.86. The second-order valence-corrected chi connectivity index (χ2v) is 5.86. The maximum absolute atomic E-state index is 12.7. The molecular formula is C19H18N4O. The predicted molar refractivity (Wildman–Crippen MR) is 93.7 cm³/mol. The lowest BCUT2D eigenvalue weighted by Crippen LogP contribution is -2.29. The van der Waals surface area contributed by atoms with Crippen molar-refractivity contribution in [3.63, 3.8) is 0 Å². The van der Waals surface area contributed by atoms with E-state index in [9.17, 15) is 4.79 Å². The summed E-state index contributed by atoms with van der Waals surface area (Å²) >= 11 is 0. The average molecular weight is 318 g/mol. The standard InChI is InChI=1S/C19H18N4O/c20-13-14-2-1-3-17(12-14)15-4-6-16(7-5-15)18(24)23-11-10-22-9-8-21-19(22)23/h1-9,12H,10-11,13,20H2. The van der Waals surface area contributed by atoms with Crippen LogP contribution >= 0.6 is 0 Å². The largest absolute Gasteiger partial charge is 0.326 e. The summed E-state index contributed by atoms with van der Waals surface area (Å²) in [4.78, 5) is 18.7. The Balaban J connectivity index is 1.59. The summed E-state index contributed by atoms with van der Waals surface area (Å²) in [5.41, 5.74) is 9.65. The lowest BCUT2D eigenvalue weighted by atomic mass is 10.0. The number of nitrogens with zero attached hydrogens (tertiary/aromatic N) is 3. The minimum absolute atomic E-state index is 0.0118. The lowest BCUT2D eigenvalue weighted by Gasteiger charge is -2.14. The van der Waals surface area contributed by atoms with Gasteiger partial charge in [0.15, 0.2) is 0 Å². The molecule has 120 valence electrons. The maximum atomic E-state index is 12.7. The van der Waals surface area contributed by atoms with Gasteiger partial charge < -0.3 is 10.3 Å². The van der Waals surface area contributed by atoms with Crippen LogP contribution in [-0.4, -0.2) is 22.0 Å². The number of aromatic nitrogens is 2. The minimum Gasteiger partial charge on any atom is -0.326 e. The lowest BCUT2D eigenvalue weighted by molar-refractivity contribution is 0.0988. The summed E-state index contributed by atoms with van der Waals surface area (Å²) in [6.45, 7) is 1.99. The Labute approximate surface area is 140 Å². The third-order valence-electron chi connectivity index (χ3n) is 4.37. The number of anilines is 1. The molecule has 3 aromatic rings. The highest BCUT2D eigenvalue weighted by molar-refractivity contribution is 6.05. The van der Waals surface area contributed by atoms with Gasteiger partial charge in [0, 0.05) is 37.6 Å². The van der Waals surface area contributed by atoms with Crippen molar-refractivity contribution in [3.05, 3.63) is 72.1 Å². The molecule has 1 aromatic heterocycles. The Kier molecular flexibility index (Phi) is 3.63. The Morgan fingerprint density at radius 3 is 2.71 bits per heavy atom. The number of benzene rings is 2. The molecule has 5 nitrogen and oxygen atoms in total. The molecule has 0 saturated carbocycles. The molecule has 0 atom stereocenters. The Morgan fingerprint density at radius 1 is 1.08 bits per heavy atom. The van der Waals surface area contributed by atoms with Gasteiger partial charge in [0.05, 0.1) is 0 Å². The Bertz CT molecular complexity index is 882. The molecule has 2 aromatic carbocycles. The third-order valence-corrected chi connectivity index (χ3v) is 4.37. The number of carbonyl (C=O) groups is 1. The summed E-state index contributed by atoms with van der Waals surface area (Å²) < 4.78 is 1.99. The van der Waals surface area contributed by atoms with Gasteiger partial charge in [-0.3, -0.25) is 9.69 Å². The van der Waals surface area contributed by atoms with Crippen molar-refractivity contribution in [1.82, 2.24) is 9.55 Å². The zero-order valence-corrected chi connectivity index (χ0v) is 13.2. The zero-order chi connectivity index (χ0) is 16.5. The highest BCUT2D eigenvalue weighted by Gasteiger charge is 2.26. The van der Waals surface area contributed by atoms with Crippen LogP contribution in [0.2, 0.25) is 0 Å². The molecule has 1 aliphatic rings. The van der Waals surface area contributed by atoms with Crippen molar-refractivity contribution in [1.29, 1.82) is 0 Å². The second kappa shape index (κ2) is 5.94. The van der Waals surface area contributed by atoms with Crippen molar-refractivity contribution in [2.24, 2.45) is 5.73 Å². The normalized spacial score (nSPS) is 13.1. The van der Waals surface area contributed by atoms with Gasteiger partial charge in [-0.2, -0.15) is 0 Å². The predicted octanol–water partition coefficient (Wildman–Crippen LogP) is 2.67. The fraction of sp³-hybridized carbons (Fsp3) is 0.158. The van der Waals surface area contributed by atoms with Crippen molar-refractivity contribution in [3.8, 4) is 11.1 Å². The summed E-state index contributed by atoms with van der Waals surface area (Å²) in [5.74, 6) is 0.710. The third kappa shape index (κ3) is 2.49. The van der Waals surface area contributed by atoms with Crippen molar-refractivity contribution in [2.45, 2.75) is 13.1 Å². The van der Waals surface area contributed by atoms with E-state index < -0.39 is 0 Å². The monoisotopic (exact) mass is 318 g/mol. The maximum Gasteiger partial charge on any atom is 0.260 e. The summed E-state index contributed by atoms with van der Waals surface area (Å²) in [6, 6.07) is 15.8. The van der Waals surface area contributed by atoms with Gasteiger partial charge in [0.25, 0.3) is 5.91 Å². The summed E-state index contributed by atoms with van der Waals surface area (Å²) in [5, 5.41) is 0. The molecule has 0 fully saturated rings. The molecule has 0 unspecified atom stereocenters. The first-order valence-corrected chi connectivity index (χ1v) is 7.99. The molecule has 4 rings (SSSR count). The quantitative estimate of drug-likeness (QED) is 0.807. The molecule has 5 heteroatoms. The van der Waals surface area contributed by atoms with E-state index in [1.54, 1.807) is 11.1 Å². The topological polar surface area (TPSA) is 64.2 Å². The molecule has 0 aliphatic carbocycles.